The van der Waals surface area contributed by atoms with E-state index >= 15 is 0 Å². The summed E-state index contributed by atoms with van der Waals surface area (Å²) < 4.78 is 5.45. The summed E-state index contributed by atoms with van der Waals surface area (Å²) in [5.74, 6) is -0.512. The van der Waals surface area contributed by atoms with Gasteiger partial charge >= 0.3 is 5.97 Å². The van der Waals surface area contributed by atoms with Gasteiger partial charge < -0.3 is 15.2 Å². The molecule has 2 atom stereocenters. The second kappa shape index (κ2) is 6.73. The van der Waals surface area contributed by atoms with Gasteiger partial charge in [-0.2, -0.15) is 0 Å². The number of ether oxygens (including phenoxy) is 1. The van der Waals surface area contributed by atoms with Gasteiger partial charge in [0.25, 0.3) is 5.91 Å². The van der Waals surface area contributed by atoms with E-state index < -0.39 is 11.6 Å². The first kappa shape index (κ1) is 15.0. The van der Waals surface area contributed by atoms with Crippen LogP contribution in [-0.4, -0.2) is 35.7 Å². The lowest BCUT2D eigenvalue weighted by Crippen LogP contribution is -2.44. The Morgan fingerprint density at radius 3 is 2.72 bits per heavy atom. The number of aliphatic carboxylic acids is 1. The molecule has 0 spiro atoms. The number of rotatable bonds is 7. The van der Waals surface area contributed by atoms with Crippen LogP contribution in [0.15, 0.2) is 0 Å². The Morgan fingerprint density at radius 2 is 2.17 bits per heavy atom. The first-order valence-electron chi connectivity index (χ1n) is 6.58. The highest BCUT2D eigenvalue weighted by atomic mass is 16.5. The molecule has 1 aliphatic heterocycles. The molecule has 1 heterocycles. The van der Waals surface area contributed by atoms with Gasteiger partial charge in [-0.1, -0.05) is 6.92 Å². The van der Waals surface area contributed by atoms with Gasteiger partial charge in [-0.25, -0.2) is 0 Å². The zero-order valence-corrected chi connectivity index (χ0v) is 11.2. The van der Waals surface area contributed by atoms with Gasteiger partial charge in [0, 0.05) is 19.6 Å². The Morgan fingerprint density at radius 1 is 1.44 bits per heavy atom. The Bertz CT molecular complexity index is 297. The molecule has 2 N–H and O–H groups in total. The lowest BCUT2D eigenvalue weighted by Gasteiger charge is -2.22. The van der Waals surface area contributed by atoms with E-state index in [0.717, 1.165) is 19.3 Å². The van der Waals surface area contributed by atoms with E-state index in [2.05, 4.69) is 5.32 Å². The first-order valence-corrected chi connectivity index (χ1v) is 6.58. The van der Waals surface area contributed by atoms with Gasteiger partial charge in [-0.05, 0) is 38.5 Å². The van der Waals surface area contributed by atoms with Crippen LogP contribution in [0.2, 0.25) is 0 Å². The topological polar surface area (TPSA) is 75.6 Å². The molecule has 0 aromatic heterocycles. The van der Waals surface area contributed by atoms with Crippen molar-refractivity contribution >= 4 is 11.9 Å². The molecule has 18 heavy (non-hydrogen) atoms. The second-order valence-corrected chi connectivity index (χ2v) is 5.27. The van der Waals surface area contributed by atoms with Gasteiger partial charge in [-0.3, -0.25) is 9.59 Å². The Labute approximate surface area is 108 Å². The number of amides is 1. The van der Waals surface area contributed by atoms with Crippen molar-refractivity contribution < 1.29 is 19.4 Å². The van der Waals surface area contributed by atoms with E-state index in [-0.39, 0.29) is 12.3 Å². The van der Waals surface area contributed by atoms with E-state index in [1.807, 2.05) is 13.8 Å². The molecule has 5 heteroatoms. The lowest BCUT2D eigenvalue weighted by atomic mass is 10.00. The van der Waals surface area contributed by atoms with E-state index in [4.69, 9.17) is 9.84 Å². The van der Waals surface area contributed by atoms with Gasteiger partial charge in [0.1, 0.15) is 5.60 Å². The maximum absolute atomic E-state index is 11.9. The average molecular weight is 257 g/mol. The number of carbonyl (C=O) groups excluding carboxylic acids is 1. The monoisotopic (exact) mass is 257 g/mol. The molecular formula is C13H23NO4. The van der Waals surface area contributed by atoms with E-state index in [0.29, 0.717) is 25.5 Å². The first-order chi connectivity index (χ1) is 8.44. The van der Waals surface area contributed by atoms with Crippen molar-refractivity contribution in [2.24, 2.45) is 5.92 Å². The second-order valence-electron chi connectivity index (χ2n) is 5.27. The summed E-state index contributed by atoms with van der Waals surface area (Å²) in [6.07, 6.45) is 3.34. The fraction of sp³-hybridized carbons (Fsp3) is 0.846. The standard InChI is InChI=1S/C13H23NO4/c1-10(4-5-11(15)16)6-8-14-12(17)13(2)7-3-9-18-13/h10H,3-9H2,1-2H3,(H,14,17)(H,15,16). The SMILES string of the molecule is CC(CCNC(=O)C1(C)CCCO1)CCC(=O)O. The number of carboxylic acids is 1. The van der Waals surface area contributed by atoms with Gasteiger partial charge in [0.15, 0.2) is 0 Å². The van der Waals surface area contributed by atoms with Gasteiger partial charge in [-0.15, -0.1) is 0 Å². The minimum absolute atomic E-state index is 0.0505. The number of hydrogen-bond donors (Lipinski definition) is 2. The normalized spacial score (nSPS) is 24.8. The fourth-order valence-electron chi connectivity index (χ4n) is 2.09. The number of nitrogens with one attached hydrogen (secondary N) is 1. The molecule has 0 aliphatic carbocycles. The van der Waals surface area contributed by atoms with Crippen LogP contribution < -0.4 is 5.32 Å². The molecule has 2 unspecified atom stereocenters. The molecule has 0 radical (unpaired) electrons. The van der Waals surface area contributed by atoms with Crippen LogP contribution in [0.3, 0.4) is 0 Å². The van der Waals surface area contributed by atoms with E-state index in [9.17, 15) is 9.59 Å². The summed E-state index contributed by atoms with van der Waals surface area (Å²) >= 11 is 0. The Balaban J connectivity index is 2.17. The van der Waals surface area contributed by atoms with Crippen LogP contribution >= 0.6 is 0 Å². The molecule has 0 aromatic rings. The largest absolute Gasteiger partial charge is 0.481 e. The summed E-state index contributed by atoms with van der Waals surface area (Å²) in [4.78, 5) is 22.3. The molecule has 1 fully saturated rings. The van der Waals surface area contributed by atoms with Crippen LogP contribution in [0.25, 0.3) is 0 Å². The van der Waals surface area contributed by atoms with Crippen LogP contribution in [0, 0.1) is 5.92 Å². The molecule has 1 aliphatic rings. The zero-order chi connectivity index (χ0) is 13.6. The molecule has 0 aromatic carbocycles. The number of hydrogen-bond acceptors (Lipinski definition) is 3. The molecule has 0 saturated carbocycles. The van der Waals surface area contributed by atoms with E-state index in [1.54, 1.807) is 0 Å². The van der Waals surface area contributed by atoms with Crippen molar-refractivity contribution in [3.8, 4) is 0 Å². The molecule has 104 valence electrons. The highest BCUT2D eigenvalue weighted by Crippen LogP contribution is 2.25. The molecule has 1 rings (SSSR count). The fourth-order valence-corrected chi connectivity index (χ4v) is 2.09. The molecule has 5 nitrogen and oxygen atoms in total. The quantitative estimate of drug-likeness (QED) is 0.725. The van der Waals surface area contributed by atoms with E-state index in [1.165, 1.54) is 0 Å². The third-order valence-corrected chi connectivity index (χ3v) is 3.47. The molecule has 0 bridgehead atoms. The predicted molar refractivity (Wildman–Crippen MR) is 67.3 cm³/mol. The number of carboxylic acid groups (broad SMARTS) is 1. The average Bonchev–Trinajstić information content (AvgIpc) is 2.74. The summed E-state index contributed by atoms with van der Waals surface area (Å²) in [6.45, 7) is 5.06. The Kier molecular flexibility index (Phi) is 5.59. The third kappa shape index (κ3) is 4.64. The minimum atomic E-state index is -0.766. The van der Waals surface area contributed by atoms with Crippen LogP contribution in [0.5, 0.6) is 0 Å². The van der Waals surface area contributed by atoms with Crippen molar-refractivity contribution in [2.75, 3.05) is 13.2 Å². The third-order valence-electron chi connectivity index (χ3n) is 3.47. The summed E-state index contributed by atoms with van der Waals surface area (Å²) in [6, 6.07) is 0. The number of carbonyl (C=O) groups is 2. The summed E-state index contributed by atoms with van der Waals surface area (Å²) in [7, 11) is 0. The smallest absolute Gasteiger partial charge is 0.303 e. The minimum Gasteiger partial charge on any atom is -0.481 e. The maximum atomic E-state index is 11.9. The predicted octanol–water partition coefficient (Wildman–Crippen LogP) is 1.56. The summed E-state index contributed by atoms with van der Waals surface area (Å²) in [5.41, 5.74) is -0.662. The maximum Gasteiger partial charge on any atom is 0.303 e. The zero-order valence-electron chi connectivity index (χ0n) is 11.2. The van der Waals surface area contributed by atoms with Crippen molar-refractivity contribution in [1.82, 2.24) is 5.32 Å². The van der Waals surface area contributed by atoms with Crippen molar-refractivity contribution in [1.29, 1.82) is 0 Å². The molecule has 1 amide bonds. The van der Waals surface area contributed by atoms with Crippen LogP contribution in [0.4, 0.5) is 0 Å². The lowest BCUT2D eigenvalue weighted by molar-refractivity contribution is -0.139. The van der Waals surface area contributed by atoms with Gasteiger partial charge in [0.05, 0.1) is 0 Å². The van der Waals surface area contributed by atoms with Crippen LogP contribution in [0.1, 0.15) is 46.0 Å². The highest BCUT2D eigenvalue weighted by Gasteiger charge is 2.37. The van der Waals surface area contributed by atoms with Crippen LogP contribution in [-0.2, 0) is 14.3 Å². The van der Waals surface area contributed by atoms with Crippen molar-refractivity contribution in [2.45, 2.75) is 51.6 Å². The summed E-state index contributed by atoms with van der Waals surface area (Å²) in [5, 5.41) is 11.4. The molecular weight excluding hydrogens is 234 g/mol. The van der Waals surface area contributed by atoms with Crippen molar-refractivity contribution in [3.63, 3.8) is 0 Å². The van der Waals surface area contributed by atoms with Gasteiger partial charge in [0.2, 0.25) is 0 Å². The highest BCUT2D eigenvalue weighted by molar-refractivity contribution is 5.84. The molecule has 1 saturated heterocycles. The Hall–Kier alpha value is -1.10. The van der Waals surface area contributed by atoms with Crippen molar-refractivity contribution in [3.05, 3.63) is 0 Å².